The van der Waals surface area contributed by atoms with Crippen molar-refractivity contribution in [1.82, 2.24) is 9.94 Å². The van der Waals surface area contributed by atoms with Gasteiger partial charge in [-0.05, 0) is 35.2 Å². The van der Waals surface area contributed by atoms with Crippen LogP contribution in [0.2, 0.25) is 0 Å². The first-order valence-electron chi connectivity index (χ1n) is 10.8. The molecule has 0 saturated carbocycles. The van der Waals surface area contributed by atoms with Gasteiger partial charge in [0, 0.05) is 35.4 Å². The quantitative estimate of drug-likeness (QED) is 0.428. The Morgan fingerprint density at radius 1 is 0.778 bits per heavy atom. The molecular weight excluding hydrogens is 477 g/mol. The predicted molar refractivity (Wildman–Crippen MR) is 126 cm³/mol. The van der Waals surface area contributed by atoms with Gasteiger partial charge in [0.1, 0.15) is 5.69 Å². The maximum atomic E-state index is 13.0. The standard InChI is InChI=1S/C25H17F3N4O4/c26-25(27,28)23(34)36-32-22(33)20-9-5-4-8-19(20)21(29-32)16-10-12-18(13-11-16)31-15-14-30(24(31)35)17-6-2-1-3-7-17/h1-13H,14-15H2. The molecule has 0 aliphatic carbocycles. The van der Waals surface area contributed by atoms with E-state index >= 15 is 0 Å². The molecule has 0 N–H and O–H groups in total. The molecule has 11 heteroatoms. The van der Waals surface area contributed by atoms with Gasteiger partial charge in [-0.1, -0.05) is 48.5 Å². The first kappa shape index (κ1) is 23.1. The van der Waals surface area contributed by atoms with Crippen LogP contribution in [-0.2, 0) is 4.79 Å². The predicted octanol–water partition coefficient (Wildman–Crippen LogP) is 4.03. The fraction of sp³-hybridized carbons (Fsp3) is 0.120. The van der Waals surface area contributed by atoms with E-state index in [9.17, 15) is 27.6 Å². The van der Waals surface area contributed by atoms with Crippen LogP contribution in [0, 0.1) is 0 Å². The van der Waals surface area contributed by atoms with Crippen LogP contribution in [0.5, 0.6) is 0 Å². The molecule has 0 unspecified atom stereocenters. The molecule has 182 valence electrons. The summed E-state index contributed by atoms with van der Waals surface area (Å²) in [6, 6.07) is 21.8. The smallest absolute Gasteiger partial charge is 0.306 e. The van der Waals surface area contributed by atoms with Crippen LogP contribution in [0.4, 0.5) is 29.3 Å². The summed E-state index contributed by atoms with van der Waals surface area (Å²) < 4.78 is 38.1. The number of amides is 2. The summed E-state index contributed by atoms with van der Waals surface area (Å²) >= 11 is 0. The molecule has 0 atom stereocenters. The number of fused-ring (bicyclic) bond motifs is 1. The Kier molecular flexibility index (Phi) is 5.67. The van der Waals surface area contributed by atoms with E-state index in [0.717, 1.165) is 5.69 Å². The van der Waals surface area contributed by atoms with Crippen LogP contribution >= 0.6 is 0 Å². The Morgan fingerprint density at radius 3 is 1.94 bits per heavy atom. The van der Waals surface area contributed by atoms with E-state index in [2.05, 4.69) is 9.94 Å². The minimum absolute atomic E-state index is 0.0229. The summed E-state index contributed by atoms with van der Waals surface area (Å²) in [4.78, 5) is 44.4. The summed E-state index contributed by atoms with van der Waals surface area (Å²) in [6.07, 6.45) is -5.30. The molecule has 36 heavy (non-hydrogen) atoms. The van der Waals surface area contributed by atoms with Gasteiger partial charge >= 0.3 is 23.7 Å². The SMILES string of the molecule is O=C1N(c2ccccc2)CCN1c1ccc(-c2nn(OC(=O)C(F)(F)F)c(=O)c3ccccc23)cc1. The molecule has 0 bridgehead atoms. The number of aromatic nitrogens is 2. The van der Waals surface area contributed by atoms with Gasteiger partial charge in [-0.2, -0.15) is 13.2 Å². The second-order valence-corrected chi connectivity index (χ2v) is 7.92. The number of alkyl halides is 3. The van der Waals surface area contributed by atoms with E-state index in [1.807, 2.05) is 30.3 Å². The summed E-state index contributed by atoms with van der Waals surface area (Å²) in [5.41, 5.74) is 0.965. The molecule has 0 radical (unpaired) electrons. The molecule has 2 heterocycles. The lowest BCUT2D eigenvalue weighted by molar-refractivity contribution is -0.201. The second-order valence-electron chi connectivity index (χ2n) is 7.92. The topological polar surface area (TPSA) is 84.7 Å². The number of benzene rings is 3. The number of carbonyl (C=O) groups is 2. The molecule has 2 amide bonds. The van der Waals surface area contributed by atoms with E-state index in [4.69, 9.17) is 0 Å². The van der Waals surface area contributed by atoms with Crippen molar-refractivity contribution < 1.29 is 27.6 Å². The molecular formula is C25H17F3N4O4. The van der Waals surface area contributed by atoms with E-state index in [0.29, 0.717) is 29.7 Å². The number of anilines is 2. The number of urea groups is 1. The Bertz CT molecular complexity index is 1520. The zero-order valence-corrected chi connectivity index (χ0v) is 18.5. The van der Waals surface area contributed by atoms with E-state index in [1.54, 1.807) is 46.2 Å². The highest BCUT2D eigenvalue weighted by Gasteiger charge is 2.42. The zero-order chi connectivity index (χ0) is 25.4. The number of nitrogens with zero attached hydrogens (tertiary/aromatic N) is 4. The molecule has 5 rings (SSSR count). The lowest BCUT2D eigenvalue weighted by atomic mass is 10.0. The van der Waals surface area contributed by atoms with Crippen molar-refractivity contribution >= 4 is 34.1 Å². The van der Waals surface area contributed by atoms with Crippen molar-refractivity contribution in [3.05, 3.63) is 89.2 Å². The van der Waals surface area contributed by atoms with Crippen LogP contribution < -0.4 is 20.2 Å². The third kappa shape index (κ3) is 4.15. The summed E-state index contributed by atoms with van der Waals surface area (Å²) in [5, 5.41) is 4.28. The van der Waals surface area contributed by atoms with Crippen molar-refractivity contribution in [2.75, 3.05) is 22.9 Å². The molecule has 1 fully saturated rings. The normalized spacial score (nSPS) is 13.9. The third-order valence-corrected chi connectivity index (χ3v) is 5.71. The number of rotatable bonds is 4. The minimum Gasteiger partial charge on any atom is -0.306 e. The van der Waals surface area contributed by atoms with Crippen LogP contribution in [0.1, 0.15) is 0 Å². The maximum Gasteiger partial charge on any atom is 0.493 e. The highest BCUT2D eigenvalue weighted by atomic mass is 19.4. The number of halogens is 3. The third-order valence-electron chi connectivity index (χ3n) is 5.71. The molecule has 1 saturated heterocycles. The van der Waals surface area contributed by atoms with Gasteiger partial charge in [-0.3, -0.25) is 14.6 Å². The van der Waals surface area contributed by atoms with Crippen LogP contribution in [-0.4, -0.2) is 41.2 Å². The molecule has 1 aromatic heterocycles. The fourth-order valence-electron chi connectivity index (χ4n) is 4.00. The number of hydrogen-bond acceptors (Lipinski definition) is 5. The van der Waals surface area contributed by atoms with Crippen LogP contribution in [0.25, 0.3) is 22.0 Å². The van der Waals surface area contributed by atoms with E-state index in [-0.39, 0.29) is 22.0 Å². The molecule has 8 nitrogen and oxygen atoms in total. The van der Waals surface area contributed by atoms with Gasteiger partial charge in [-0.25, -0.2) is 9.59 Å². The maximum absolute atomic E-state index is 13.0. The fourth-order valence-corrected chi connectivity index (χ4v) is 4.00. The molecule has 1 aliphatic heterocycles. The number of para-hydroxylation sites is 1. The van der Waals surface area contributed by atoms with Crippen molar-refractivity contribution in [2.24, 2.45) is 0 Å². The lowest BCUT2D eigenvalue weighted by Crippen LogP contribution is -2.39. The van der Waals surface area contributed by atoms with Crippen molar-refractivity contribution in [1.29, 1.82) is 0 Å². The molecule has 4 aromatic rings. The minimum atomic E-state index is -5.30. The molecule has 3 aromatic carbocycles. The van der Waals surface area contributed by atoms with Gasteiger partial charge in [-0.15, -0.1) is 5.10 Å². The van der Waals surface area contributed by atoms with Gasteiger partial charge in [0.2, 0.25) is 0 Å². The Labute approximate surface area is 201 Å². The Morgan fingerprint density at radius 2 is 1.33 bits per heavy atom. The van der Waals surface area contributed by atoms with Crippen molar-refractivity contribution in [3.8, 4) is 11.3 Å². The first-order chi connectivity index (χ1) is 17.2. The number of carbonyl (C=O) groups excluding carboxylic acids is 2. The van der Waals surface area contributed by atoms with E-state index in [1.165, 1.54) is 12.1 Å². The highest BCUT2D eigenvalue weighted by Crippen LogP contribution is 2.29. The zero-order valence-electron chi connectivity index (χ0n) is 18.5. The van der Waals surface area contributed by atoms with Crippen molar-refractivity contribution in [3.63, 3.8) is 0 Å². The van der Waals surface area contributed by atoms with Gasteiger partial charge in [0.25, 0.3) is 0 Å². The van der Waals surface area contributed by atoms with Crippen LogP contribution in [0.3, 0.4) is 0 Å². The van der Waals surface area contributed by atoms with Crippen LogP contribution in [0.15, 0.2) is 83.7 Å². The van der Waals surface area contributed by atoms with Gasteiger partial charge < -0.3 is 4.84 Å². The summed E-state index contributed by atoms with van der Waals surface area (Å²) in [6.45, 7) is 0.971. The first-order valence-corrected chi connectivity index (χ1v) is 10.8. The largest absolute Gasteiger partial charge is 0.493 e. The average molecular weight is 494 g/mol. The number of hydrogen-bond donors (Lipinski definition) is 0. The van der Waals surface area contributed by atoms with Crippen molar-refractivity contribution in [2.45, 2.75) is 6.18 Å². The average Bonchev–Trinajstić information content (AvgIpc) is 3.27. The summed E-state index contributed by atoms with van der Waals surface area (Å²) in [7, 11) is 0. The lowest BCUT2D eigenvalue weighted by Gasteiger charge is -2.19. The highest BCUT2D eigenvalue weighted by molar-refractivity contribution is 6.06. The Balaban J connectivity index is 1.49. The second kappa shape index (κ2) is 8.84. The van der Waals surface area contributed by atoms with E-state index < -0.39 is 17.7 Å². The monoisotopic (exact) mass is 494 g/mol. The van der Waals surface area contributed by atoms with Gasteiger partial charge in [0.15, 0.2) is 0 Å². The summed E-state index contributed by atoms with van der Waals surface area (Å²) in [5.74, 6) is -2.57. The Hall–Kier alpha value is -4.67. The molecule has 0 spiro atoms. The molecule has 1 aliphatic rings. The van der Waals surface area contributed by atoms with Gasteiger partial charge in [0.05, 0.1) is 5.39 Å².